The lowest BCUT2D eigenvalue weighted by molar-refractivity contribution is 1.10. The minimum atomic E-state index is 1.03. The molecule has 0 fully saturated rings. The summed E-state index contributed by atoms with van der Waals surface area (Å²) in [5.41, 5.74) is 4.32. The summed E-state index contributed by atoms with van der Waals surface area (Å²) in [6, 6.07) is 33.4. The number of fused-ring (bicyclic) bond motifs is 1. The van der Waals surface area contributed by atoms with Crippen LogP contribution in [0.3, 0.4) is 0 Å². The molecule has 3 nitrogen and oxygen atoms in total. The zero-order valence-corrected chi connectivity index (χ0v) is 16.2. The standard InChI is InChI=1S/C25H23N3/c1-27(2)22-17-15-20(16-18-22)19-26-28(23-11-4-3-5-12-23)25-14-8-10-21-9-6-7-13-24(21)25/h3-19H,1-2H3. The van der Waals surface area contributed by atoms with E-state index in [0.29, 0.717) is 0 Å². The summed E-state index contributed by atoms with van der Waals surface area (Å²) < 4.78 is 0. The van der Waals surface area contributed by atoms with E-state index in [2.05, 4.69) is 83.8 Å². The van der Waals surface area contributed by atoms with Crippen LogP contribution >= 0.6 is 0 Å². The molecule has 0 aromatic heterocycles. The molecular weight excluding hydrogens is 342 g/mol. The van der Waals surface area contributed by atoms with Crippen molar-refractivity contribution >= 4 is 34.0 Å². The Balaban J connectivity index is 1.76. The van der Waals surface area contributed by atoms with Gasteiger partial charge in [0, 0.05) is 25.2 Å². The summed E-state index contributed by atoms with van der Waals surface area (Å²) in [6.07, 6.45) is 1.91. The molecule has 0 unspecified atom stereocenters. The van der Waals surface area contributed by atoms with E-state index in [-0.39, 0.29) is 0 Å². The van der Waals surface area contributed by atoms with Crippen LogP contribution in [0.1, 0.15) is 5.56 Å². The summed E-state index contributed by atoms with van der Waals surface area (Å²) >= 11 is 0. The Morgan fingerprint density at radius 3 is 2.07 bits per heavy atom. The molecule has 0 aliphatic rings. The summed E-state index contributed by atoms with van der Waals surface area (Å²) in [6.45, 7) is 0. The number of benzene rings is 4. The molecule has 0 radical (unpaired) electrons. The van der Waals surface area contributed by atoms with Crippen LogP contribution in [0.5, 0.6) is 0 Å². The molecule has 4 rings (SSSR count). The molecule has 0 atom stereocenters. The molecule has 0 spiro atoms. The minimum absolute atomic E-state index is 1.03. The quantitative estimate of drug-likeness (QED) is 0.315. The van der Waals surface area contributed by atoms with Gasteiger partial charge in [-0.15, -0.1) is 0 Å². The van der Waals surface area contributed by atoms with Gasteiger partial charge in [-0.2, -0.15) is 5.10 Å². The number of hydrogen-bond donors (Lipinski definition) is 0. The number of hydrogen-bond acceptors (Lipinski definition) is 3. The van der Waals surface area contributed by atoms with E-state index in [1.807, 2.05) is 43.5 Å². The van der Waals surface area contributed by atoms with Gasteiger partial charge < -0.3 is 4.90 Å². The first kappa shape index (κ1) is 17.8. The van der Waals surface area contributed by atoms with Crippen molar-refractivity contribution < 1.29 is 0 Å². The van der Waals surface area contributed by atoms with E-state index in [9.17, 15) is 0 Å². The second kappa shape index (κ2) is 7.97. The maximum Gasteiger partial charge on any atom is 0.0730 e. The highest BCUT2D eigenvalue weighted by atomic mass is 15.5. The lowest BCUT2D eigenvalue weighted by atomic mass is 10.1. The van der Waals surface area contributed by atoms with Crippen LogP contribution in [0, 0.1) is 0 Å². The van der Waals surface area contributed by atoms with Crippen LogP contribution in [0.4, 0.5) is 17.1 Å². The third kappa shape index (κ3) is 3.74. The molecule has 0 amide bonds. The topological polar surface area (TPSA) is 18.8 Å². The summed E-state index contributed by atoms with van der Waals surface area (Å²) in [5.74, 6) is 0. The van der Waals surface area contributed by atoms with E-state index in [1.165, 1.54) is 16.5 Å². The van der Waals surface area contributed by atoms with Crippen molar-refractivity contribution in [1.29, 1.82) is 0 Å². The molecule has 4 aromatic carbocycles. The Labute approximate surface area is 166 Å². The monoisotopic (exact) mass is 365 g/mol. The van der Waals surface area contributed by atoms with Gasteiger partial charge in [0.2, 0.25) is 0 Å². The van der Waals surface area contributed by atoms with Gasteiger partial charge in [-0.05, 0) is 41.3 Å². The average Bonchev–Trinajstić information content (AvgIpc) is 2.75. The van der Waals surface area contributed by atoms with Crippen molar-refractivity contribution in [3.63, 3.8) is 0 Å². The highest BCUT2D eigenvalue weighted by Gasteiger charge is 2.11. The highest BCUT2D eigenvalue weighted by molar-refractivity contribution is 5.96. The lowest BCUT2D eigenvalue weighted by Crippen LogP contribution is -2.10. The van der Waals surface area contributed by atoms with Crippen LogP contribution in [-0.2, 0) is 0 Å². The van der Waals surface area contributed by atoms with E-state index in [0.717, 1.165) is 16.9 Å². The summed E-state index contributed by atoms with van der Waals surface area (Å²) in [7, 11) is 4.08. The summed E-state index contributed by atoms with van der Waals surface area (Å²) in [4.78, 5) is 2.09. The van der Waals surface area contributed by atoms with Crippen LogP contribution < -0.4 is 9.91 Å². The predicted octanol–water partition coefficient (Wildman–Crippen LogP) is 6.08. The largest absolute Gasteiger partial charge is 0.378 e. The van der Waals surface area contributed by atoms with Crippen LogP contribution in [-0.4, -0.2) is 20.3 Å². The van der Waals surface area contributed by atoms with Crippen molar-refractivity contribution in [2.24, 2.45) is 5.10 Å². The smallest absolute Gasteiger partial charge is 0.0730 e. The highest BCUT2D eigenvalue weighted by Crippen LogP contribution is 2.32. The summed E-state index contributed by atoms with van der Waals surface area (Å²) in [5, 5.41) is 9.23. The number of nitrogens with zero attached hydrogens (tertiary/aromatic N) is 3. The average molecular weight is 365 g/mol. The fourth-order valence-corrected chi connectivity index (χ4v) is 3.21. The third-order valence-corrected chi connectivity index (χ3v) is 4.73. The van der Waals surface area contributed by atoms with Crippen molar-refractivity contribution in [3.8, 4) is 0 Å². The fourth-order valence-electron chi connectivity index (χ4n) is 3.21. The second-order valence-electron chi connectivity index (χ2n) is 6.88. The first-order chi connectivity index (χ1) is 13.7. The molecular formula is C25H23N3. The molecule has 28 heavy (non-hydrogen) atoms. The van der Waals surface area contributed by atoms with Gasteiger partial charge in [0.15, 0.2) is 0 Å². The van der Waals surface area contributed by atoms with Crippen molar-refractivity contribution in [2.45, 2.75) is 0 Å². The normalized spacial score (nSPS) is 11.1. The van der Waals surface area contributed by atoms with Crippen LogP contribution in [0.2, 0.25) is 0 Å². The van der Waals surface area contributed by atoms with E-state index < -0.39 is 0 Å². The van der Waals surface area contributed by atoms with Gasteiger partial charge in [0.25, 0.3) is 0 Å². The van der Waals surface area contributed by atoms with Gasteiger partial charge in [-0.1, -0.05) is 66.7 Å². The molecule has 4 aromatic rings. The maximum atomic E-state index is 4.85. The number of hydrazone groups is 1. The molecule has 0 N–H and O–H groups in total. The first-order valence-corrected chi connectivity index (χ1v) is 9.37. The van der Waals surface area contributed by atoms with Crippen molar-refractivity contribution in [1.82, 2.24) is 0 Å². The first-order valence-electron chi connectivity index (χ1n) is 9.37. The molecule has 0 aliphatic heterocycles. The fraction of sp³-hybridized carbons (Fsp3) is 0.0800. The van der Waals surface area contributed by atoms with Crippen molar-refractivity contribution in [2.75, 3.05) is 24.0 Å². The number of rotatable bonds is 5. The van der Waals surface area contributed by atoms with Crippen LogP contribution in [0.25, 0.3) is 10.8 Å². The van der Waals surface area contributed by atoms with E-state index in [1.54, 1.807) is 0 Å². The Bertz CT molecular complexity index is 1080. The van der Waals surface area contributed by atoms with Crippen LogP contribution in [0.15, 0.2) is 102 Å². The molecule has 138 valence electrons. The predicted molar refractivity (Wildman–Crippen MR) is 121 cm³/mol. The zero-order chi connectivity index (χ0) is 19.3. The van der Waals surface area contributed by atoms with Gasteiger partial charge >= 0.3 is 0 Å². The van der Waals surface area contributed by atoms with Crippen molar-refractivity contribution in [3.05, 3.63) is 103 Å². The van der Waals surface area contributed by atoms with E-state index in [4.69, 9.17) is 5.10 Å². The second-order valence-corrected chi connectivity index (χ2v) is 6.88. The number of anilines is 3. The Hall–Kier alpha value is -3.59. The Kier molecular flexibility index (Phi) is 5.07. The lowest BCUT2D eigenvalue weighted by Gasteiger charge is -2.21. The van der Waals surface area contributed by atoms with Gasteiger partial charge in [-0.3, -0.25) is 0 Å². The molecule has 3 heteroatoms. The molecule has 0 saturated carbocycles. The minimum Gasteiger partial charge on any atom is -0.378 e. The Morgan fingerprint density at radius 1 is 0.643 bits per heavy atom. The number of para-hydroxylation sites is 1. The SMILES string of the molecule is CN(C)c1ccc(C=NN(c2ccccc2)c2cccc3ccccc23)cc1. The van der Waals surface area contributed by atoms with Gasteiger partial charge in [-0.25, -0.2) is 5.01 Å². The maximum absolute atomic E-state index is 4.85. The molecule has 0 aliphatic carbocycles. The molecule has 0 bridgehead atoms. The third-order valence-electron chi connectivity index (χ3n) is 4.73. The Morgan fingerprint density at radius 2 is 1.32 bits per heavy atom. The zero-order valence-electron chi connectivity index (χ0n) is 16.2. The molecule has 0 heterocycles. The van der Waals surface area contributed by atoms with Gasteiger partial charge in [0.1, 0.15) is 0 Å². The van der Waals surface area contributed by atoms with E-state index >= 15 is 0 Å². The van der Waals surface area contributed by atoms with Gasteiger partial charge in [0.05, 0.1) is 17.6 Å². The molecule has 0 saturated heterocycles.